The summed E-state index contributed by atoms with van der Waals surface area (Å²) in [5.41, 5.74) is 2.57. The maximum absolute atomic E-state index is 9.35. The van der Waals surface area contributed by atoms with E-state index in [0.717, 1.165) is 32.0 Å². The molecule has 0 spiro atoms. The van der Waals surface area contributed by atoms with Crippen LogP contribution in [0.3, 0.4) is 0 Å². The molecular weight excluding hydrogens is 434 g/mol. The van der Waals surface area contributed by atoms with Crippen molar-refractivity contribution in [2.75, 3.05) is 0 Å². The van der Waals surface area contributed by atoms with Crippen LogP contribution >= 0.6 is 0 Å². The van der Waals surface area contributed by atoms with Crippen molar-refractivity contribution in [3.8, 4) is 6.07 Å². The number of benzene rings is 4. The average molecular weight is 458 g/mol. The number of rotatable bonds is 6. The number of hydrogen-bond acceptors (Lipinski definition) is 3. The molecule has 0 amide bonds. The van der Waals surface area contributed by atoms with E-state index in [2.05, 4.69) is 47.6 Å². The van der Waals surface area contributed by atoms with Crippen LogP contribution in [0.25, 0.3) is 10.9 Å². The maximum Gasteiger partial charge on any atom is 0.380 e. The van der Waals surface area contributed by atoms with Gasteiger partial charge in [-0.3, -0.25) is 0 Å². The van der Waals surface area contributed by atoms with Crippen molar-refractivity contribution in [2.45, 2.75) is 0 Å². The molecule has 34 heavy (non-hydrogen) atoms. The Labute approximate surface area is 200 Å². The standard InChI is InChI=1S/C29H23N3OSi/c1-32-22-24(28-19-23(20-30)17-18-29(28)32)21-31-33-34(25-11-5-2-6-12-25,26-13-7-3-8-14-26)27-15-9-4-10-16-27/h2-19,21-22H,1H3. The second-order valence-electron chi connectivity index (χ2n) is 8.14. The molecule has 5 heteroatoms. The van der Waals surface area contributed by atoms with Crippen molar-refractivity contribution in [2.24, 2.45) is 12.2 Å². The first-order valence-corrected chi connectivity index (χ1v) is 13.0. The summed E-state index contributed by atoms with van der Waals surface area (Å²) in [6.45, 7) is 0. The molecule has 0 radical (unpaired) electrons. The first kappa shape index (κ1) is 21.4. The van der Waals surface area contributed by atoms with E-state index in [0.29, 0.717) is 5.56 Å². The summed E-state index contributed by atoms with van der Waals surface area (Å²) in [5, 5.41) is 18.3. The Hall–Kier alpha value is -4.40. The van der Waals surface area contributed by atoms with Gasteiger partial charge in [0.15, 0.2) is 0 Å². The first-order valence-electron chi connectivity index (χ1n) is 11.1. The molecule has 4 nitrogen and oxygen atoms in total. The van der Waals surface area contributed by atoms with E-state index < -0.39 is 8.32 Å². The summed E-state index contributed by atoms with van der Waals surface area (Å²) in [6.07, 6.45) is 3.77. The lowest BCUT2D eigenvalue weighted by Gasteiger charge is -2.30. The van der Waals surface area contributed by atoms with Gasteiger partial charge in [-0.05, 0) is 33.8 Å². The molecule has 5 rings (SSSR count). The van der Waals surface area contributed by atoms with Gasteiger partial charge in [-0.25, -0.2) is 0 Å². The highest BCUT2D eigenvalue weighted by atomic mass is 28.4. The third-order valence-corrected chi connectivity index (χ3v) is 9.89. The van der Waals surface area contributed by atoms with Crippen LogP contribution in [0, 0.1) is 11.3 Å². The molecular formula is C29H23N3OSi. The summed E-state index contributed by atoms with van der Waals surface area (Å²) in [5.74, 6) is 0. The predicted octanol–water partition coefficient (Wildman–Crippen LogP) is 4.07. The third kappa shape index (κ3) is 3.81. The van der Waals surface area contributed by atoms with Gasteiger partial charge in [0.1, 0.15) is 0 Å². The van der Waals surface area contributed by atoms with Crippen LogP contribution in [0.5, 0.6) is 0 Å². The Kier molecular flexibility index (Phi) is 5.82. The zero-order valence-corrected chi connectivity index (χ0v) is 19.8. The second-order valence-corrected chi connectivity index (χ2v) is 11.4. The predicted molar refractivity (Wildman–Crippen MR) is 140 cm³/mol. The Balaban J connectivity index is 1.65. The molecule has 0 saturated carbocycles. The Morgan fingerprint density at radius 1 is 0.794 bits per heavy atom. The fourth-order valence-electron chi connectivity index (χ4n) is 4.43. The molecule has 0 N–H and O–H groups in total. The fourth-order valence-corrected chi connectivity index (χ4v) is 7.95. The van der Waals surface area contributed by atoms with Gasteiger partial charge >= 0.3 is 8.32 Å². The van der Waals surface area contributed by atoms with Gasteiger partial charge in [-0.2, -0.15) is 5.26 Å². The van der Waals surface area contributed by atoms with Crippen LogP contribution in [0.4, 0.5) is 0 Å². The van der Waals surface area contributed by atoms with Crippen LogP contribution < -0.4 is 15.6 Å². The van der Waals surface area contributed by atoms with Crippen LogP contribution in [-0.4, -0.2) is 19.1 Å². The summed E-state index contributed by atoms with van der Waals surface area (Å²) < 4.78 is 8.68. The van der Waals surface area contributed by atoms with E-state index in [-0.39, 0.29) is 0 Å². The molecule has 1 heterocycles. The zero-order valence-electron chi connectivity index (χ0n) is 18.8. The lowest BCUT2D eigenvalue weighted by Crippen LogP contribution is -2.68. The molecule has 0 saturated heterocycles. The number of aromatic nitrogens is 1. The van der Waals surface area contributed by atoms with Gasteiger partial charge in [0, 0.05) is 29.7 Å². The molecule has 5 aromatic rings. The Morgan fingerprint density at radius 3 is 1.82 bits per heavy atom. The number of oxime groups is 1. The summed E-state index contributed by atoms with van der Waals surface area (Å²) in [4.78, 5) is 0. The molecule has 0 aliphatic heterocycles. The van der Waals surface area contributed by atoms with Crippen molar-refractivity contribution < 1.29 is 4.53 Å². The van der Waals surface area contributed by atoms with Crippen molar-refractivity contribution in [1.29, 1.82) is 5.26 Å². The van der Waals surface area contributed by atoms with Crippen LogP contribution in [-0.2, 0) is 11.6 Å². The van der Waals surface area contributed by atoms with Crippen LogP contribution in [0.15, 0.2) is 121 Å². The van der Waals surface area contributed by atoms with Gasteiger partial charge in [-0.15, -0.1) is 5.16 Å². The van der Waals surface area contributed by atoms with Crippen molar-refractivity contribution in [1.82, 2.24) is 4.57 Å². The van der Waals surface area contributed by atoms with Crippen molar-refractivity contribution in [3.63, 3.8) is 0 Å². The smallest absolute Gasteiger partial charge is 0.380 e. The molecule has 0 aliphatic rings. The number of aryl methyl sites for hydroxylation is 1. The highest BCUT2D eigenvalue weighted by molar-refractivity contribution is 7.07. The van der Waals surface area contributed by atoms with Gasteiger partial charge < -0.3 is 9.09 Å². The minimum atomic E-state index is -2.91. The van der Waals surface area contributed by atoms with Gasteiger partial charge in [0.2, 0.25) is 0 Å². The monoisotopic (exact) mass is 457 g/mol. The highest BCUT2D eigenvalue weighted by Crippen LogP contribution is 2.21. The highest BCUT2D eigenvalue weighted by Gasteiger charge is 2.44. The van der Waals surface area contributed by atoms with E-state index >= 15 is 0 Å². The quantitative estimate of drug-likeness (QED) is 0.167. The van der Waals surface area contributed by atoms with Crippen LogP contribution in [0.1, 0.15) is 11.1 Å². The minimum Gasteiger partial charge on any atom is -0.438 e. The van der Waals surface area contributed by atoms with E-state index in [4.69, 9.17) is 4.53 Å². The van der Waals surface area contributed by atoms with Gasteiger partial charge in [0.25, 0.3) is 0 Å². The molecule has 0 bridgehead atoms. The van der Waals surface area contributed by atoms with Gasteiger partial charge in [-0.1, -0.05) is 91.0 Å². The summed E-state index contributed by atoms with van der Waals surface area (Å²) >= 11 is 0. The van der Waals surface area contributed by atoms with Crippen LogP contribution in [0.2, 0.25) is 0 Å². The maximum atomic E-state index is 9.35. The second kappa shape index (κ2) is 9.22. The largest absolute Gasteiger partial charge is 0.438 e. The first-order chi connectivity index (χ1) is 16.7. The van der Waals surface area contributed by atoms with E-state index in [1.165, 1.54) is 0 Å². The SMILES string of the molecule is Cn1cc(C=NO[Si](c2ccccc2)(c2ccccc2)c2ccccc2)c2cc(C#N)ccc21. The lowest BCUT2D eigenvalue weighted by molar-refractivity contribution is 0.351. The van der Waals surface area contributed by atoms with Crippen molar-refractivity contribution in [3.05, 3.63) is 127 Å². The number of nitriles is 1. The topological polar surface area (TPSA) is 50.3 Å². The molecule has 164 valence electrons. The minimum absolute atomic E-state index is 0.621. The molecule has 0 fully saturated rings. The third-order valence-electron chi connectivity index (χ3n) is 6.07. The van der Waals surface area contributed by atoms with Gasteiger partial charge in [0.05, 0.1) is 17.8 Å². The fraction of sp³-hybridized carbons (Fsp3) is 0.0345. The number of fused-ring (bicyclic) bond motifs is 1. The number of nitrogens with zero attached hydrogens (tertiary/aromatic N) is 3. The Bertz CT molecular complexity index is 1390. The molecule has 0 unspecified atom stereocenters. The molecule has 0 aliphatic carbocycles. The normalized spacial score (nSPS) is 11.5. The average Bonchev–Trinajstić information content (AvgIpc) is 3.22. The van der Waals surface area contributed by atoms with E-state index in [1.54, 1.807) is 6.21 Å². The lowest BCUT2D eigenvalue weighted by atomic mass is 10.1. The summed E-state index contributed by atoms with van der Waals surface area (Å²) in [7, 11) is -0.924. The zero-order chi connectivity index (χ0) is 23.4. The number of hydrogen-bond donors (Lipinski definition) is 0. The van der Waals surface area contributed by atoms with Crippen molar-refractivity contribution >= 4 is 41.0 Å². The molecule has 1 aromatic heterocycles. The van der Waals surface area contributed by atoms with E-state index in [1.807, 2.05) is 90.6 Å². The Morgan fingerprint density at radius 2 is 1.32 bits per heavy atom. The summed E-state index contributed by atoms with van der Waals surface area (Å²) in [6, 6.07) is 39.0. The molecule has 0 atom stereocenters. The molecule has 4 aromatic carbocycles. The van der Waals surface area contributed by atoms with E-state index in [9.17, 15) is 5.26 Å².